The highest BCUT2D eigenvalue weighted by Crippen LogP contribution is 2.47. The van der Waals surface area contributed by atoms with Crippen molar-refractivity contribution in [3.8, 4) is 0 Å². The van der Waals surface area contributed by atoms with Crippen molar-refractivity contribution in [2.75, 3.05) is 18.9 Å². The minimum absolute atomic E-state index is 0.0255. The molecule has 2 aliphatic rings. The molecule has 7 nitrogen and oxygen atoms in total. The van der Waals surface area contributed by atoms with Crippen molar-refractivity contribution in [1.82, 2.24) is 9.80 Å². The zero-order valence-electron chi connectivity index (χ0n) is 20.0. The van der Waals surface area contributed by atoms with E-state index in [4.69, 9.17) is 18.2 Å². The number of carbonyl (C=O) groups is 3. The molecule has 0 radical (unpaired) electrons. The van der Waals surface area contributed by atoms with E-state index in [-0.39, 0.29) is 31.2 Å². The monoisotopic (exact) mass is 514 g/mol. The van der Waals surface area contributed by atoms with Gasteiger partial charge in [-0.2, -0.15) is 0 Å². The summed E-state index contributed by atoms with van der Waals surface area (Å²) in [7, 11) is 1.34. The summed E-state index contributed by atoms with van der Waals surface area (Å²) in [5, 5.41) is 2.38. The minimum atomic E-state index is -1.39. The van der Waals surface area contributed by atoms with Gasteiger partial charge in [0.15, 0.2) is 11.6 Å². The number of rotatable bonds is 5. The molecule has 0 saturated carbocycles. The number of halogens is 3. The van der Waals surface area contributed by atoms with Gasteiger partial charge in [0, 0.05) is 19.3 Å². The Bertz CT molecular complexity index is 1290. The van der Waals surface area contributed by atoms with E-state index in [0.29, 0.717) is 5.69 Å². The predicted octanol–water partition coefficient (Wildman–Crippen LogP) is 4.47. The lowest BCUT2D eigenvalue weighted by atomic mass is 9.80. The smallest absolute Gasteiger partial charge is 0.302 e. The number of hydrogen-bond acceptors (Lipinski definition) is 3. The van der Waals surface area contributed by atoms with Gasteiger partial charge in [0.2, 0.25) is 5.91 Å². The van der Waals surface area contributed by atoms with Crippen LogP contribution in [0.15, 0.2) is 36.4 Å². The maximum Gasteiger partial charge on any atom is 0.302 e. The largest absolute Gasteiger partial charge is 0.330 e. The molecule has 3 atom stereocenters. The Morgan fingerprint density at radius 2 is 1.94 bits per heavy atom. The average Bonchev–Trinajstić information content (AvgIpc) is 3.38. The van der Waals surface area contributed by atoms with Crippen LogP contribution in [0.4, 0.5) is 14.5 Å². The molecule has 3 amide bonds. The van der Waals surface area contributed by atoms with E-state index in [1.54, 1.807) is 24.3 Å². The first-order valence-electron chi connectivity index (χ1n) is 11.5. The number of fused-ring (bicyclic) bond motifs is 2. The Labute approximate surface area is 212 Å². The molecule has 0 unspecified atom stereocenters. The molecule has 4 rings (SSSR count). The fourth-order valence-electron chi connectivity index (χ4n) is 5.04. The van der Waals surface area contributed by atoms with Crippen LogP contribution in [-0.4, -0.2) is 53.3 Å². The lowest BCUT2D eigenvalue weighted by Gasteiger charge is -2.32. The van der Waals surface area contributed by atoms with E-state index < -0.39 is 51.7 Å². The fraction of sp³-hybridized carbons (Fsp3) is 0.385. The normalized spacial score (nSPS) is 21.3. The van der Waals surface area contributed by atoms with Crippen LogP contribution in [0, 0.1) is 24.1 Å². The van der Waals surface area contributed by atoms with E-state index in [2.05, 4.69) is 10.2 Å². The number of likely N-dealkylation sites (N-methyl/N-ethyl adjacent to an activating group) is 1. The van der Waals surface area contributed by atoms with E-state index in [1.807, 2.05) is 13.8 Å². The third-order valence-corrected chi connectivity index (χ3v) is 7.21. The van der Waals surface area contributed by atoms with Gasteiger partial charge in [-0.15, -0.1) is 0 Å². The summed E-state index contributed by atoms with van der Waals surface area (Å²) in [6.07, 6.45) is -0.582. The zero-order valence-corrected chi connectivity index (χ0v) is 20.8. The van der Waals surface area contributed by atoms with Crippen LogP contribution in [0.5, 0.6) is 0 Å². The first-order chi connectivity index (χ1) is 17.0. The molecule has 2 aromatic rings. The summed E-state index contributed by atoms with van der Waals surface area (Å²) < 4.78 is 28.5. The Morgan fingerprint density at radius 3 is 2.61 bits per heavy atom. The van der Waals surface area contributed by atoms with Gasteiger partial charge in [-0.3, -0.25) is 24.1 Å². The molecule has 2 aromatic carbocycles. The zero-order chi connectivity index (χ0) is 26.4. The lowest BCUT2D eigenvalue weighted by Crippen LogP contribution is -2.51. The summed E-state index contributed by atoms with van der Waals surface area (Å²) in [4.78, 5) is 46.1. The second-order valence-electron chi connectivity index (χ2n) is 9.65. The number of para-hydroxylation sites is 1. The number of carbonyl (C=O) groups excluding carboxylic acids is 3. The molecular formula is C26H25ClF2N4O3. The Kier molecular flexibility index (Phi) is 6.76. The van der Waals surface area contributed by atoms with E-state index in [1.165, 1.54) is 11.9 Å². The maximum atomic E-state index is 14.5. The van der Waals surface area contributed by atoms with E-state index in [9.17, 15) is 23.2 Å². The van der Waals surface area contributed by atoms with Crippen LogP contribution in [0.2, 0.25) is 5.02 Å². The standard InChI is InChI=1S/C26H25ClF2N4O3/c1-14(2)11-19(32(4)23(34)15-9-10-17(27)22(29)21(15)28)24(35)33-13-26(12-20(33)30-3)16-7-5-6-8-18(16)31-25(26)36/h5-10,14,19-20H,11-13H2,1-2,4H3,(H,31,36)/t19-,20-,26-/m0/s1. The molecule has 1 N–H and O–H groups in total. The highest BCUT2D eigenvalue weighted by molar-refractivity contribution is 6.30. The number of nitrogens with one attached hydrogen (secondary N) is 1. The van der Waals surface area contributed by atoms with Crippen LogP contribution in [-0.2, 0) is 15.0 Å². The summed E-state index contributed by atoms with van der Waals surface area (Å²) in [5.41, 5.74) is -0.253. The second-order valence-corrected chi connectivity index (χ2v) is 10.1. The van der Waals surface area contributed by atoms with Gasteiger partial charge in [0.05, 0.1) is 17.0 Å². The van der Waals surface area contributed by atoms with E-state index >= 15 is 0 Å². The molecule has 10 heteroatoms. The topological polar surface area (TPSA) is 74.1 Å². The molecular weight excluding hydrogens is 490 g/mol. The molecule has 36 heavy (non-hydrogen) atoms. The van der Waals surface area contributed by atoms with Crippen molar-refractivity contribution in [3.63, 3.8) is 0 Å². The third kappa shape index (κ3) is 4.09. The van der Waals surface area contributed by atoms with Gasteiger partial charge in [-0.05, 0) is 36.1 Å². The van der Waals surface area contributed by atoms with Gasteiger partial charge < -0.3 is 10.2 Å². The number of anilines is 1. The number of benzene rings is 2. The van der Waals surface area contributed by atoms with Crippen LogP contribution >= 0.6 is 11.6 Å². The molecule has 0 aromatic heterocycles. The molecule has 2 aliphatic heterocycles. The molecule has 1 saturated heterocycles. The third-order valence-electron chi connectivity index (χ3n) is 6.92. The number of likely N-dealkylation sites (tertiary alicyclic amines) is 1. The Morgan fingerprint density at radius 1 is 1.25 bits per heavy atom. The van der Waals surface area contributed by atoms with Gasteiger partial charge in [0.25, 0.3) is 11.8 Å². The molecule has 188 valence electrons. The molecule has 0 bridgehead atoms. The van der Waals surface area contributed by atoms with Gasteiger partial charge in [-0.1, -0.05) is 43.6 Å². The number of hydrogen-bond donors (Lipinski definition) is 1. The van der Waals surface area contributed by atoms with Gasteiger partial charge in [-0.25, -0.2) is 15.4 Å². The first kappa shape index (κ1) is 25.6. The summed E-state index contributed by atoms with van der Waals surface area (Å²) in [6.45, 7) is 11.4. The lowest BCUT2D eigenvalue weighted by molar-refractivity contribution is -0.136. The minimum Gasteiger partial charge on any atom is -0.330 e. The SMILES string of the molecule is [C-]#[N+][C@@H]1C[C@@]2(CN1C(=O)[C@H](CC(C)C)N(C)C(=O)c1ccc(Cl)c(F)c1F)C(=O)Nc1ccccc12. The molecule has 1 spiro atoms. The van der Waals surface area contributed by atoms with Crippen molar-refractivity contribution < 1.29 is 23.2 Å². The fourth-order valence-corrected chi connectivity index (χ4v) is 5.19. The van der Waals surface area contributed by atoms with Gasteiger partial charge in [0.1, 0.15) is 11.5 Å². The first-order valence-corrected chi connectivity index (χ1v) is 11.9. The van der Waals surface area contributed by atoms with Crippen LogP contribution in [0.3, 0.4) is 0 Å². The Balaban J connectivity index is 1.68. The maximum absolute atomic E-state index is 14.5. The quantitative estimate of drug-likeness (QED) is 0.472. The molecule has 1 fully saturated rings. The van der Waals surface area contributed by atoms with Crippen LogP contribution < -0.4 is 5.32 Å². The second kappa shape index (κ2) is 9.51. The van der Waals surface area contributed by atoms with Crippen molar-refractivity contribution in [3.05, 3.63) is 75.6 Å². The number of amides is 3. The molecule has 2 heterocycles. The van der Waals surface area contributed by atoms with Crippen molar-refractivity contribution in [1.29, 1.82) is 0 Å². The number of nitrogens with zero attached hydrogens (tertiary/aromatic N) is 3. The Hall–Kier alpha value is -3.51. The van der Waals surface area contributed by atoms with Crippen molar-refractivity contribution in [2.45, 2.75) is 44.3 Å². The predicted molar refractivity (Wildman–Crippen MR) is 130 cm³/mol. The molecule has 0 aliphatic carbocycles. The van der Waals surface area contributed by atoms with Crippen molar-refractivity contribution >= 4 is 35.0 Å². The summed E-state index contributed by atoms with van der Waals surface area (Å²) in [5.74, 6) is -4.48. The van der Waals surface area contributed by atoms with Crippen LogP contribution in [0.25, 0.3) is 4.85 Å². The highest BCUT2D eigenvalue weighted by Gasteiger charge is 2.59. The summed E-state index contributed by atoms with van der Waals surface area (Å²) >= 11 is 5.62. The van der Waals surface area contributed by atoms with Crippen molar-refractivity contribution in [2.24, 2.45) is 5.92 Å². The average molecular weight is 515 g/mol. The van der Waals surface area contributed by atoms with Gasteiger partial charge >= 0.3 is 6.17 Å². The summed E-state index contributed by atoms with van der Waals surface area (Å²) in [6, 6.07) is 8.26. The highest BCUT2D eigenvalue weighted by atomic mass is 35.5. The van der Waals surface area contributed by atoms with Crippen LogP contribution in [0.1, 0.15) is 42.6 Å². The van der Waals surface area contributed by atoms with E-state index in [0.717, 1.165) is 22.6 Å².